The predicted molar refractivity (Wildman–Crippen MR) is 52.6 cm³/mol. The highest BCUT2D eigenvalue weighted by molar-refractivity contribution is 5.77. The van der Waals surface area contributed by atoms with E-state index in [0.29, 0.717) is 0 Å². The van der Waals surface area contributed by atoms with Crippen LogP contribution in [0.4, 0.5) is 5.69 Å². The molecule has 0 bridgehead atoms. The van der Waals surface area contributed by atoms with Crippen molar-refractivity contribution in [1.82, 2.24) is 0 Å². The summed E-state index contributed by atoms with van der Waals surface area (Å²) in [6.45, 7) is 2.00. The van der Waals surface area contributed by atoms with E-state index in [0.717, 1.165) is 35.9 Å². The van der Waals surface area contributed by atoms with Gasteiger partial charge in [-0.1, -0.05) is 12.1 Å². The largest absolute Gasteiger partial charge is 0.398 e. The van der Waals surface area contributed by atoms with E-state index < -0.39 is 0 Å². The molecule has 2 nitrogen and oxygen atoms in total. The Balaban J connectivity index is 2.47. The zero-order valence-electron chi connectivity index (χ0n) is 7.71. The van der Waals surface area contributed by atoms with Crippen molar-refractivity contribution in [3.63, 3.8) is 0 Å². The lowest BCUT2D eigenvalue weighted by atomic mass is 9.95. The molecular formula is C11H13NO. The summed E-state index contributed by atoms with van der Waals surface area (Å²) >= 11 is 0. The number of anilines is 1. The van der Waals surface area contributed by atoms with Gasteiger partial charge < -0.3 is 10.5 Å². The van der Waals surface area contributed by atoms with Crippen LogP contribution in [0.3, 0.4) is 0 Å². The van der Waals surface area contributed by atoms with Crippen molar-refractivity contribution in [2.24, 2.45) is 0 Å². The van der Waals surface area contributed by atoms with E-state index in [4.69, 9.17) is 5.73 Å². The van der Waals surface area contributed by atoms with E-state index in [-0.39, 0.29) is 5.41 Å². The van der Waals surface area contributed by atoms with Crippen LogP contribution in [0.2, 0.25) is 0 Å². The van der Waals surface area contributed by atoms with Gasteiger partial charge in [0, 0.05) is 5.69 Å². The first kappa shape index (κ1) is 8.30. The third-order valence-electron chi connectivity index (χ3n) is 2.76. The Labute approximate surface area is 77.8 Å². The number of nitrogen functional groups attached to an aromatic ring is 1. The first-order valence-corrected chi connectivity index (χ1v) is 4.51. The second-order valence-electron chi connectivity index (χ2n) is 3.86. The predicted octanol–water partition coefficient (Wildman–Crippen LogP) is 1.81. The fourth-order valence-electron chi connectivity index (χ4n) is 1.72. The molecule has 13 heavy (non-hydrogen) atoms. The first-order chi connectivity index (χ1) is 6.18. The maximum atomic E-state index is 10.9. The van der Waals surface area contributed by atoms with Crippen LogP contribution < -0.4 is 5.73 Å². The number of nitrogens with two attached hydrogens (primary N) is 1. The standard InChI is InChI=1S/C11H13NO/c1-8-2-3-9(10(12)6-8)11(7-13)4-5-11/h2-3,6-7H,4-5,12H2,1H3. The molecule has 0 aromatic heterocycles. The van der Waals surface area contributed by atoms with Crippen LogP contribution in [0.1, 0.15) is 24.0 Å². The van der Waals surface area contributed by atoms with E-state index in [1.807, 2.05) is 25.1 Å². The van der Waals surface area contributed by atoms with Gasteiger partial charge in [0.2, 0.25) is 0 Å². The Morgan fingerprint density at radius 2 is 2.15 bits per heavy atom. The minimum atomic E-state index is -0.238. The number of rotatable bonds is 2. The number of benzene rings is 1. The Morgan fingerprint density at radius 1 is 1.46 bits per heavy atom. The van der Waals surface area contributed by atoms with E-state index >= 15 is 0 Å². The average Bonchev–Trinajstić information content (AvgIpc) is 2.85. The molecule has 2 N–H and O–H groups in total. The summed E-state index contributed by atoms with van der Waals surface area (Å²) in [4.78, 5) is 10.9. The van der Waals surface area contributed by atoms with Crippen LogP contribution in [0, 0.1) is 6.92 Å². The van der Waals surface area contributed by atoms with Crippen molar-refractivity contribution < 1.29 is 4.79 Å². The average molecular weight is 175 g/mol. The normalized spacial score (nSPS) is 18.2. The summed E-state index contributed by atoms with van der Waals surface area (Å²) < 4.78 is 0. The number of aldehydes is 1. The van der Waals surface area contributed by atoms with Gasteiger partial charge >= 0.3 is 0 Å². The van der Waals surface area contributed by atoms with E-state index in [1.165, 1.54) is 0 Å². The molecule has 0 spiro atoms. The van der Waals surface area contributed by atoms with Crippen LogP contribution in [0.25, 0.3) is 0 Å². The molecule has 1 aliphatic carbocycles. The third kappa shape index (κ3) is 1.22. The maximum Gasteiger partial charge on any atom is 0.130 e. The number of aryl methyl sites for hydroxylation is 1. The summed E-state index contributed by atoms with van der Waals surface area (Å²) in [6, 6.07) is 5.92. The van der Waals surface area contributed by atoms with Gasteiger partial charge in [0.25, 0.3) is 0 Å². The zero-order valence-corrected chi connectivity index (χ0v) is 7.71. The van der Waals surface area contributed by atoms with Crippen molar-refractivity contribution in [1.29, 1.82) is 0 Å². The van der Waals surface area contributed by atoms with Crippen molar-refractivity contribution in [3.05, 3.63) is 29.3 Å². The smallest absolute Gasteiger partial charge is 0.130 e. The molecule has 0 aliphatic heterocycles. The second kappa shape index (κ2) is 2.59. The first-order valence-electron chi connectivity index (χ1n) is 4.51. The third-order valence-corrected chi connectivity index (χ3v) is 2.76. The topological polar surface area (TPSA) is 43.1 Å². The highest BCUT2D eigenvalue weighted by Crippen LogP contribution is 2.48. The second-order valence-corrected chi connectivity index (χ2v) is 3.86. The Morgan fingerprint density at radius 3 is 2.62 bits per heavy atom. The molecule has 1 saturated carbocycles. The summed E-state index contributed by atoms with van der Waals surface area (Å²) in [5.41, 5.74) is 8.53. The van der Waals surface area contributed by atoms with Gasteiger partial charge in [-0.25, -0.2) is 0 Å². The summed E-state index contributed by atoms with van der Waals surface area (Å²) in [7, 11) is 0. The van der Waals surface area contributed by atoms with Crippen LogP contribution in [-0.4, -0.2) is 6.29 Å². The van der Waals surface area contributed by atoms with Gasteiger partial charge in [-0.3, -0.25) is 0 Å². The van der Waals surface area contributed by atoms with E-state index in [1.54, 1.807) is 0 Å². The van der Waals surface area contributed by atoms with Crippen LogP contribution in [0.15, 0.2) is 18.2 Å². The maximum absolute atomic E-state index is 10.9. The lowest BCUT2D eigenvalue weighted by Gasteiger charge is -2.11. The molecule has 0 radical (unpaired) electrons. The number of hydrogen-bond donors (Lipinski definition) is 1. The SMILES string of the molecule is Cc1ccc(C2(C=O)CC2)c(N)c1. The van der Waals surface area contributed by atoms with Crippen LogP contribution in [-0.2, 0) is 10.2 Å². The molecule has 0 saturated heterocycles. The highest BCUT2D eigenvalue weighted by atomic mass is 16.1. The number of carbonyl (C=O) groups is 1. The molecule has 1 aliphatic rings. The van der Waals surface area contributed by atoms with Crippen LogP contribution >= 0.6 is 0 Å². The van der Waals surface area contributed by atoms with Gasteiger partial charge in [0.05, 0.1) is 5.41 Å². The molecule has 0 unspecified atom stereocenters. The van der Waals surface area contributed by atoms with Crippen molar-refractivity contribution >= 4 is 12.0 Å². The Bertz CT molecular complexity index is 353. The molecule has 2 heteroatoms. The van der Waals surface area contributed by atoms with Crippen molar-refractivity contribution in [2.45, 2.75) is 25.2 Å². The minimum Gasteiger partial charge on any atom is -0.398 e. The van der Waals surface area contributed by atoms with Crippen molar-refractivity contribution in [2.75, 3.05) is 5.73 Å². The fourth-order valence-corrected chi connectivity index (χ4v) is 1.72. The number of hydrogen-bond acceptors (Lipinski definition) is 2. The fraction of sp³-hybridized carbons (Fsp3) is 0.364. The minimum absolute atomic E-state index is 0.238. The molecule has 0 heterocycles. The highest BCUT2D eigenvalue weighted by Gasteiger charge is 2.45. The summed E-state index contributed by atoms with van der Waals surface area (Å²) in [5, 5.41) is 0. The molecule has 1 aromatic rings. The molecule has 68 valence electrons. The van der Waals surface area contributed by atoms with Crippen molar-refractivity contribution in [3.8, 4) is 0 Å². The number of carbonyl (C=O) groups excluding carboxylic acids is 1. The summed E-state index contributed by atoms with van der Waals surface area (Å²) in [6.07, 6.45) is 2.93. The Hall–Kier alpha value is -1.31. The van der Waals surface area contributed by atoms with Gasteiger partial charge in [0.1, 0.15) is 6.29 Å². The molecule has 0 amide bonds. The molecule has 1 aromatic carbocycles. The molecule has 2 rings (SSSR count). The monoisotopic (exact) mass is 175 g/mol. The van der Waals surface area contributed by atoms with Gasteiger partial charge in [-0.15, -0.1) is 0 Å². The molecular weight excluding hydrogens is 162 g/mol. The lowest BCUT2D eigenvalue weighted by Crippen LogP contribution is -2.10. The van der Waals surface area contributed by atoms with Crippen LogP contribution in [0.5, 0.6) is 0 Å². The van der Waals surface area contributed by atoms with E-state index in [2.05, 4.69) is 0 Å². The Kier molecular flexibility index (Phi) is 1.65. The van der Waals surface area contributed by atoms with E-state index in [9.17, 15) is 4.79 Å². The molecule has 0 atom stereocenters. The summed E-state index contributed by atoms with van der Waals surface area (Å²) in [5.74, 6) is 0. The van der Waals surface area contributed by atoms with Gasteiger partial charge in [-0.2, -0.15) is 0 Å². The zero-order chi connectivity index (χ0) is 9.47. The van der Waals surface area contributed by atoms with Gasteiger partial charge in [-0.05, 0) is 37.0 Å². The van der Waals surface area contributed by atoms with Gasteiger partial charge in [0.15, 0.2) is 0 Å². The quantitative estimate of drug-likeness (QED) is 0.550. The molecule has 1 fully saturated rings. The lowest BCUT2D eigenvalue weighted by molar-refractivity contribution is -0.109.